The average molecular weight is 664 g/mol. The zero-order chi connectivity index (χ0) is 34.2. The minimum atomic E-state index is -0.0684. The van der Waals surface area contributed by atoms with Gasteiger partial charge in [0.1, 0.15) is 0 Å². The lowest BCUT2D eigenvalue weighted by Gasteiger charge is -2.28. The summed E-state index contributed by atoms with van der Waals surface area (Å²) < 4.78 is 4.94. The lowest BCUT2D eigenvalue weighted by atomic mass is 9.93. The maximum Gasteiger partial charge on any atom is 0.0727 e. The van der Waals surface area contributed by atoms with Gasteiger partial charge in [-0.2, -0.15) is 0 Å². The molecule has 2 aromatic heterocycles. The summed E-state index contributed by atoms with van der Waals surface area (Å²) >= 11 is 0. The first-order valence-corrected chi connectivity index (χ1v) is 18.0. The van der Waals surface area contributed by atoms with Crippen LogP contribution in [-0.4, -0.2) is 9.13 Å². The fourth-order valence-corrected chi connectivity index (χ4v) is 8.69. The Labute approximate surface area is 301 Å². The zero-order valence-corrected chi connectivity index (χ0v) is 28.4. The van der Waals surface area contributed by atoms with Crippen LogP contribution in [0.1, 0.15) is 17.2 Å². The van der Waals surface area contributed by atoms with E-state index in [4.69, 9.17) is 0 Å². The number of fused-ring (bicyclic) bond motifs is 9. The largest absolute Gasteiger partial charge is 0.374 e. The molecular formula is C49H33N3. The lowest BCUT2D eigenvalue weighted by Crippen LogP contribution is -2.23. The third-order valence-corrected chi connectivity index (χ3v) is 10.9. The Kier molecular flexibility index (Phi) is 6.31. The molecular weight excluding hydrogens is 631 g/mol. The summed E-state index contributed by atoms with van der Waals surface area (Å²) in [6, 6.07) is 63.8. The minimum Gasteiger partial charge on any atom is -0.374 e. The van der Waals surface area contributed by atoms with E-state index in [1.807, 2.05) is 0 Å². The summed E-state index contributed by atoms with van der Waals surface area (Å²) in [7, 11) is 0. The number of para-hydroxylation sites is 3. The van der Waals surface area contributed by atoms with Crippen LogP contribution >= 0.6 is 0 Å². The molecule has 244 valence electrons. The van der Waals surface area contributed by atoms with Crippen LogP contribution in [0.3, 0.4) is 0 Å². The third kappa shape index (κ3) is 4.26. The van der Waals surface area contributed by atoms with Gasteiger partial charge in [0.05, 0.1) is 28.1 Å². The van der Waals surface area contributed by atoms with Crippen molar-refractivity contribution in [3.05, 3.63) is 199 Å². The zero-order valence-electron chi connectivity index (χ0n) is 28.4. The van der Waals surface area contributed by atoms with Gasteiger partial charge in [-0.05, 0) is 69.6 Å². The van der Waals surface area contributed by atoms with Gasteiger partial charge < -0.3 is 14.5 Å². The Morgan fingerprint density at radius 3 is 1.85 bits per heavy atom. The molecule has 10 aromatic rings. The van der Waals surface area contributed by atoms with Crippen molar-refractivity contribution in [2.75, 3.05) is 0 Å². The molecule has 11 rings (SSSR count). The second-order valence-electron chi connectivity index (χ2n) is 13.8. The van der Waals surface area contributed by atoms with Crippen LogP contribution in [-0.2, 0) is 0 Å². The summed E-state index contributed by atoms with van der Waals surface area (Å²) in [6.07, 6.45) is 4.79. The first-order valence-electron chi connectivity index (χ1n) is 18.0. The van der Waals surface area contributed by atoms with Crippen LogP contribution < -0.4 is 5.32 Å². The highest BCUT2D eigenvalue weighted by Gasteiger charge is 2.25. The molecule has 3 heteroatoms. The van der Waals surface area contributed by atoms with E-state index in [2.05, 4.69) is 203 Å². The van der Waals surface area contributed by atoms with Gasteiger partial charge in [0.2, 0.25) is 0 Å². The normalized spacial score (nSPS) is 14.7. The van der Waals surface area contributed by atoms with Gasteiger partial charge in [0.25, 0.3) is 0 Å². The second-order valence-corrected chi connectivity index (χ2v) is 13.8. The van der Waals surface area contributed by atoms with Gasteiger partial charge in [0, 0.05) is 44.2 Å². The van der Waals surface area contributed by atoms with Crippen molar-refractivity contribution in [2.24, 2.45) is 0 Å². The van der Waals surface area contributed by atoms with E-state index in [0.29, 0.717) is 0 Å². The van der Waals surface area contributed by atoms with Gasteiger partial charge in [-0.3, -0.25) is 0 Å². The fourth-order valence-electron chi connectivity index (χ4n) is 8.69. The van der Waals surface area contributed by atoms with Crippen LogP contribution in [0.5, 0.6) is 0 Å². The molecule has 3 nitrogen and oxygen atoms in total. The fraction of sp³-hybridized carbons (Fsp3) is 0.0204. The number of aromatic nitrogens is 2. The lowest BCUT2D eigenvalue weighted by molar-refractivity contribution is 0.769. The van der Waals surface area contributed by atoms with Gasteiger partial charge in [0.15, 0.2) is 0 Å². The van der Waals surface area contributed by atoms with E-state index >= 15 is 0 Å². The highest BCUT2D eigenvalue weighted by molar-refractivity contribution is 6.26. The van der Waals surface area contributed by atoms with Crippen molar-refractivity contribution in [1.82, 2.24) is 14.5 Å². The van der Waals surface area contributed by atoms with Crippen LogP contribution in [0.2, 0.25) is 0 Å². The number of allylic oxidation sites excluding steroid dienone is 2. The van der Waals surface area contributed by atoms with E-state index in [0.717, 1.165) is 17.1 Å². The second kappa shape index (κ2) is 11.3. The smallest absolute Gasteiger partial charge is 0.0727 e. The van der Waals surface area contributed by atoms with Crippen molar-refractivity contribution >= 4 is 76.6 Å². The van der Waals surface area contributed by atoms with E-state index in [-0.39, 0.29) is 6.04 Å². The molecule has 0 aliphatic carbocycles. The molecule has 0 saturated carbocycles. The molecule has 0 bridgehead atoms. The van der Waals surface area contributed by atoms with E-state index < -0.39 is 0 Å². The summed E-state index contributed by atoms with van der Waals surface area (Å²) in [4.78, 5) is 0. The Morgan fingerprint density at radius 2 is 1.04 bits per heavy atom. The molecule has 1 N–H and O–H groups in total. The molecule has 1 aliphatic heterocycles. The summed E-state index contributed by atoms with van der Waals surface area (Å²) in [6.45, 7) is 0. The standard InChI is InChI=1S/C49H33N3/c1-2-18-34(19-3-1)51-46-27-11-9-23-42(46)48-47(51)29-28-41-40-22-8-10-26-45(40)52(49(41)48)35-30-43(38-24-12-16-32-14-4-6-20-36(32)38)50-44(31-35)39-25-13-17-33-15-5-7-21-37(33)39/h1-31,43,50H. The SMILES string of the molecule is C1=C(c2cccc3ccccc23)NC(c2cccc3ccccc23)C=C1n1c2ccccc2c2ccc3c(c4ccccc4n3-c3ccccc3)c21. The van der Waals surface area contributed by atoms with Gasteiger partial charge in [-0.25, -0.2) is 0 Å². The van der Waals surface area contributed by atoms with Gasteiger partial charge in [-0.15, -0.1) is 0 Å². The minimum absolute atomic E-state index is 0.0684. The molecule has 0 radical (unpaired) electrons. The molecule has 1 unspecified atom stereocenters. The van der Waals surface area contributed by atoms with E-state index in [1.54, 1.807) is 0 Å². The van der Waals surface area contributed by atoms with Gasteiger partial charge in [-0.1, -0.05) is 146 Å². The predicted molar refractivity (Wildman–Crippen MR) is 220 cm³/mol. The van der Waals surface area contributed by atoms with Crippen LogP contribution in [0.15, 0.2) is 188 Å². The molecule has 0 saturated heterocycles. The average Bonchev–Trinajstić information content (AvgIpc) is 3.73. The summed E-state index contributed by atoms with van der Waals surface area (Å²) in [5.74, 6) is 0. The predicted octanol–water partition coefficient (Wildman–Crippen LogP) is 12.4. The Bertz CT molecular complexity index is 3090. The summed E-state index contributed by atoms with van der Waals surface area (Å²) in [5.41, 5.74) is 10.7. The van der Waals surface area contributed by atoms with Crippen LogP contribution in [0, 0.1) is 0 Å². The molecule has 52 heavy (non-hydrogen) atoms. The van der Waals surface area contributed by atoms with Gasteiger partial charge >= 0.3 is 0 Å². The summed E-state index contributed by atoms with van der Waals surface area (Å²) in [5, 5.41) is 14.0. The maximum atomic E-state index is 4.02. The number of rotatable bonds is 4. The first-order chi connectivity index (χ1) is 25.8. The molecule has 1 aliphatic rings. The van der Waals surface area contributed by atoms with Crippen molar-refractivity contribution in [2.45, 2.75) is 6.04 Å². The molecule has 0 amide bonds. The molecule has 8 aromatic carbocycles. The molecule has 0 fully saturated rings. The Morgan fingerprint density at radius 1 is 0.423 bits per heavy atom. The quantitative estimate of drug-likeness (QED) is 0.199. The van der Waals surface area contributed by atoms with Crippen LogP contribution in [0.4, 0.5) is 0 Å². The Hall–Kier alpha value is -6.84. The van der Waals surface area contributed by atoms with Crippen molar-refractivity contribution < 1.29 is 0 Å². The third-order valence-electron chi connectivity index (χ3n) is 10.9. The van der Waals surface area contributed by atoms with E-state index in [1.165, 1.54) is 76.3 Å². The number of benzene rings is 8. The van der Waals surface area contributed by atoms with Crippen molar-refractivity contribution in [3.63, 3.8) is 0 Å². The van der Waals surface area contributed by atoms with E-state index in [9.17, 15) is 0 Å². The highest BCUT2D eigenvalue weighted by Crippen LogP contribution is 2.44. The van der Waals surface area contributed by atoms with Crippen molar-refractivity contribution in [1.29, 1.82) is 0 Å². The number of hydrogen-bond donors (Lipinski definition) is 1. The maximum absolute atomic E-state index is 4.02. The number of dihydropyridines is 1. The number of nitrogens with one attached hydrogen (secondary N) is 1. The Balaban J connectivity index is 1.27. The van der Waals surface area contributed by atoms with Crippen LogP contribution in [0.25, 0.3) is 82.2 Å². The number of hydrogen-bond acceptors (Lipinski definition) is 1. The monoisotopic (exact) mass is 663 g/mol. The number of nitrogens with zero attached hydrogens (tertiary/aromatic N) is 2. The molecule has 3 heterocycles. The van der Waals surface area contributed by atoms with Crippen molar-refractivity contribution in [3.8, 4) is 5.69 Å². The topological polar surface area (TPSA) is 21.9 Å². The first kappa shape index (κ1) is 28.9. The molecule has 1 atom stereocenters. The molecule has 0 spiro atoms. The highest BCUT2D eigenvalue weighted by atomic mass is 15.0.